The first-order valence-corrected chi connectivity index (χ1v) is 7.71. The number of benzene rings is 1. The second kappa shape index (κ2) is 6.52. The molecule has 1 aromatic carbocycles. The minimum Gasteiger partial charge on any atom is -0.379 e. The Balaban J connectivity index is 2.32. The average Bonchev–Trinajstić information content (AvgIpc) is 2.44. The number of halogens is 2. The molecule has 0 aliphatic carbocycles. The van der Waals surface area contributed by atoms with Crippen LogP contribution in [0.2, 0.25) is 0 Å². The van der Waals surface area contributed by atoms with Gasteiger partial charge in [-0.15, -0.1) is 0 Å². The highest BCUT2D eigenvalue weighted by Crippen LogP contribution is 2.34. The van der Waals surface area contributed by atoms with Crippen molar-refractivity contribution in [3.05, 3.63) is 34.1 Å². The van der Waals surface area contributed by atoms with Gasteiger partial charge in [0.25, 0.3) is 0 Å². The van der Waals surface area contributed by atoms with Crippen LogP contribution in [0.25, 0.3) is 0 Å². The molecule has 0 amide bonds. The Morgan fingerprint density at radius 3 is 2.60 bits per heavy atom. The van der Waals surface area contributed by atoms with E-state index in [9.17, 15) is 4.39 Å². The maximum atomic E-state index is 14.2. The van der Waals surface area contributed by atoms with Crippen molar-refractivity contribution in [1.29, 1.82) is 0 Å². The summed E-state index contributed by atoms with van der Waals surface area (Å²) in [6.07, 6.45) is 0. The van der Waals surface area contributed by atoms with Crippen molar-refractivity contribution in [3.8, 4) is 0 Å². The third-order valence-corrected chi connectivity index (χ3v) is 4.58. The molecule has 1 N–H and O–H groups in total. The molecule has 5 heteroatoms. The molecule has 1 saturated heterocycles. The molecule has 1 heterocycles. The Hall–Kier alpha value is -0.490. The van der Waals surface area contributed by atoms with Crippen LogP contribution in [0.1, 0.15) is 25.5 Å². The predicted octanol–water partition coefficient (Wildman–Crippen LogP) is 2.96. The standard InChI is InChI=1S/C15H22BrFN2O/c1-15(2,19-6-8-20-9-7-19)14(18-3)12-10-11(16)4-5-13(12)17/h4-5,10,14,18H,6-9H2,1-3H3. The van der Waals surface area contributed by atoms with Crippen molar-refractivity contribution in [2.75, 3.05) is 33.4 Å². The van der Waals surface area contributed by atoms with E-state index in [0.717, 1.165) is 30.8 Å². The van der Waals surface area contributed by atoms with Crippen LogP contribution in [0.4, 0.5) is 4.39 Å². The Morgan fingerprint density at radius 2 is 2.00 bits per heavy atom. The molecule has 2 rings (SSSR count). The van der Waals surface area contributed by atoms with Crippen LogP contribution >= 0.6 is 15.9 Å². The third kappa shape index (κ3) is 3.22. The zero-order chi connectivity index (χ0) is 14.8. The molecule has 1 atom stereocenters. The molecule has 0 aromatic heterocycles. The second-order valence-corrected chi connectivity index (χ2v) is 6.56. The highest BCUT2D eigenvalue weighted by atomic mass is 79.9. The zero-order valence-electron chi connectivity index (χ0n) is 12.2. The van der Waals surface area contributed by atoms with Crippen LogP contribution in [-0.2, 0) is 4.74 Å². The van der Waals surface area contributed by atoms with E-state index < -0.39 is 0 Å². The molecule has 1 unspecified atom stereocenters. The number of nitrogens with one attached hydrogen (secondary N) is 1. The van der Waals surface area contributed by atoms with Gasteiger partial charge in [0, 0.05) is 28.7 Å². The fourth-order valence-electron chi connectivity index (χ4n) is 2.95. The van der Waals surface area contributed by atoms with Gasteiger partial charge in [-0.25, -0.2) is 4.39 Å². The number of rotatable bonds is 4. The Bertz CT molecular complexity index is 461. The van der Waals surface area contributed by atoms with Gasteiger partial charge in [-0.1, -0.05) is 15.9 Å². The molecular formula is C15H22BrFN2O. The lowest BCUT2D eigenvalue weighted by Gasteiger charge is -2.46. The van der Waals surface area contributed by atoms with Crippen LogP contribution < -0.4 is 5.32 Å². The Labute approximate surface area is 128 Å². The van der Waals surface area contributed by atoms with E-state index in [0.29, 0.717) is 5.56 Å². The Morgan fingerprint density at radius 1 is 1.35 bits per heavy atom. The molecule has 3 nitrogen and oxygen atoms in total. The van der Waals surface area contributed by atoms with E-state index >= 15 is 0 Å². The molecule has 20 heavy (non-hydrogen) atoms. The van der Waals surface area contributed by atoms with E-state index in [-0.39, 0.29) is 17.4 Å². The molecular weight excluding hydrogens is 323 g/mol. The summed E-state index contributed by atoms with van der Waals surface area (Å²) < 4.78 is 20.5. The summed E-state index contributed by atoms with van der Waals surface area (Å²) >= 11 is 3.43. The van der Waals surface area contributed by atoms with Crippen LogP contribution in [0.3, 0.4) is 0 Å². The van der Waals surface area contributed by atoms with Crippen molar-refractivity contribution in [2.45, 2.75) is 25.4 Å². The Kier molecular flexibility index (Phi) is 5.18. The lowest BCUT2D eigenvalue weighted by atomic mass is 9.86. The fourth-order valence-corrected chi connectivity index (χ4v) is 3.33. The highest BCUT2D eigenvalue weighted by molar-refractivity contribution is 9.10. The van der Waals surface area contributed by atoms with Crippen molar-refractivity contribution >= 4 is 15.9 Å². The summed E-state index contributed by atoms with van der Waals surface area (Å²) in [5.74, 6) is -0.172. The summed E-state index contributed by atoms with van der Waals surface area (Å²) in [6.45, 7) is 7.53. The van der Waals surface area contributed by atoms with Gasteiger partial charge >= 0.3 is 0 Å². The average molecular weight is 345 g/mol. The van der Waals surface area contributed by atoms with Gasteiger partial charge in [-0.05, 0) is 39.1 Å². The van der Waals surface area contributed by atoms with Crippen LogP contribution in [0.5, 0.6) is 0 Å². The van der Waals surface area contributed by atoms with E-state index in [1.54, 1.807) is 6.07 Å². The molecule has 112 valence electrons. The van der Waals surface area contributed by atoms with Gasteiger partial charge < -0.3 is 10.1 Å². The first-order chi connectivity index (χ1) is 9.46. The van der Waals surface area contributed by atoms with Crippen molar-refractivity contribution in [1.82, 2.24) is 10.2 Å². The SMILES string of the molecule is CNC(c1cc(Br)ccc1F)C(C)(C)N1CCOCC1. The minimum absolute atomic E-state index is 0.0851. The van der Waals surface area contributed by atoms with Gasteiger partial charge in [0.05, 0.1) is 19.3 Å². The normalized spacial score (nSPS) is 19.1. The maximum Gasteiger partial charge on any atom is 0.128 e. The number of nitrogens with zero attached hydrogens (tertiary/aromatic N) is 1. The number of ether oxygens (including phenoxy) is 1. The summed E-state index contributed by atoms with van der Waals surface area (Å²) in [5, 5.41) is 3.28. The van der Waals surface area contributed by atoms with Crippen LogP contribution in [0, 0.1) is 5.82 Å². The van der Waals surface area contributed by atoms with E-state index in [1.807, 2.05) is 13.1 Å². The molecule has 0 radical (unpaired) electrons. The van der Waals surface area contributed by atoms with Gasteiger partial charge in [0.1, 0.15) is 5.82 Å². The van der Waals surface area contributed by atoms with E-state index in [1.165, 1.54) is 6.07 Å². The smallest absolute Gasteiger partial charge is 0.128 e. The third-order valence-electron chi connectivity index (χ3n) is 4.09. The lowest BCUT2D eigenvalue weighted by molar-refractivity contribution is -0.0233. The number of morpholine rings is 1. The number of hydrogen-bond acceptors (Lipinski definition) is 3. The molecule has 0 spiro atoms. The molecule has 1 fully saturated rings. The van der Waals surface area contributed by atoms with Crippen LogP contribution in [-0.4, -0.2) is 43.8 Å². The fraction of sp³-hybridized carbons (Fsp3) is 0.600. The maximum absolute atomic E-state index is 14.2. The summed E-state index contributed by atoms with van der Waals surface area (Å²) in [7, 11) is 1.88. The monoisotopic (exact) mass is 344 g/mol. The molecule has 1 aliphatic rings. The van der Waals surface area contributed by atoms with Gasteiger partial charge in [-0.3, -0.25) is 4.90 Å². The highest BCUT2D eigenvalue weighted by Gasteiger charge is 2.37. The molecule has 1 aliphatic heterocycles. The number of likely N-dealkylation sites (N-methyl/N-ethyl adjacent to an activating group) is 1. The van der Waals surface area contributed by atoms with E-state index in [2.05, 4.69) is 40.0 Å². The summed E-state index contributed by atoms with van der Waals surface area (Å²) in [4.78, 5) is 2.36. The van der Waals surface area contributed by atoms with Crippen LogP contribution in [0.15, 0.2) is 22.7 Å². The second-order valence-electron chi connectivity index (χ2n) is 5.64. The topological polar surface area (TPSA) is 24.5 Å². The molecule has 1 aromatic rings. The summed E-state index contributed by atoms with van der Waals surface area (Å²) in [5.41, 5.74) is 0.499. The molecule has 0 bridgehead atoms. The van der Waals surface area contributed by atoms with Crippen molar-refractivity contribution < 1.29 is 9.13 Å². The first-order valence-electron chi connectivity index (χ1n) is 6.92. The van der Waals surface area contributed by atoms with Gasteiger partial charge in [0.15, 0.2) is 0 Å². The van der Waals surface area contributed by atoms with Gasteiger partial charge in [-0.2, -0.15) is 0 Å². The largest absolute Gasteiger partial charge is 0.379 e. The zero-order valence-corrected chi connectivity index (χ0v) is 13.8. The molecule has 0 saturated carbocycles. The minimum atomic E-state index is -0.194. The van der Waals surface area contributed by atoms with E-state index in [4.69, 9.17) is 4.74 Å². The first kappa shape index (κ1) is 15.9. The quantitative estimate of drug-likeness (QED) is 0.908. The van der Waals surface area contributed by atoms with Gasteiger partial charge in [0.2, 0.25) is 0 Å². The van der Waals surface area contributed by atoms with Crippen molar-refractivity contribution in [2.24, 2.45) is 0 Å². The number of hydrogen-bond donors (Lipinski definition) is 1. The summed E-state index contributed by atoms with van der Waals surface area (Å²) in [6, 6.07) is 5.02. The predicted molar refractivity (Wildman–Crippen MR) is 82.4 cm³/mol. The lowest BCUT2D eigenvalue weighted by Crippen LogP contribution is -2.55. The van der Waals surface area contributed by atoms with Crippen molar-refractivity contribution in [3.63, 3.8) is 0 Å².